The van der Waals surface area contributed by atoms with Crippen LogP contribution in [0, 0.1) is 0 Å². The summed E-state index contributed by atoms with van der Waals surface area (Å²) >= 11 is 0. The van der Waals surface area contributed by atoms with Crippen LogP contribution in [0.3, 0.4) is 0 Å². The lowest BCUT2D eigenvalue weighted by Gasteiger charge is -2.46. The van der Waals surface area contributed by atoms with E-state index in [-0.39, 0.29) is 11.5 Å². The zero-order valence-corrected chi connectivity index (χ0v) is 18.2. The van der Waals surface area contributed by atoms with Gasteiger partial charge >= 0.3 is 0 Å². The number of nitrogens with zero attached hydrogens (tertiary/aromatic N) is 4. The Kier molecular flexibility index (Phi) is 5.99. The fourth-order valence-corrected chi connectivity index (χ4v) is 4.11. The van der Waals surface area contributed by atoms with Crippen LogP contribution in [0.4, 0.5) is 5.69 Å². The second-order valence-electron chi connectivity index (χ2n) is 7.87. The molecular weight excluding hydrogens is 392 g/mol. The third-order valence-corrected chi connectivity index (χ3v) is 5.87. The minimum absolute atomic E-state index is 0.0346. The van der Waals surface area contributed by atoms with Crippen LogP contribution < -0.4 is 15.8 Å². The molecule has 0 spiro atoms. The van der Waals surface area contributed by atoms with Crippen molar-refractivity contribution < 1.29 is 4.79 Å². The number of pyridine rings is 3. The number of likely N-dealkylation sites (tertiary alicyclic amines) is 1. The summed E-state index contributed by atoms with van der Waals surface area (Å²) in [6.07, 6.45) is 4.36. The van der Waals surface area contributed by atoms with Gasteiger partial charge in [-0.05, 0) is 43.2 Å². The monoisotopic (exact) mass is 420 g/mol. The second-order valence-corrected chi connectivity index (χ2v) is 7.87. The highest BCUT2D eigenvalue weighted by molar-refractivity contribution is 5.92. The van der Waals surface area contributed by atoms with E-state index < -0.39 is 0 Å². The molecule has 2 N–H and O–H groups in total. The van der Waals surface area contributed by atoms with Gasteiger partial charge < -0.3 is 15.2 Å². The van der Waals surface area contributed by atoms with E-state index in [1.165, 1.54) is 0 Å². The Hall–Kier alpha value is -3.26. The third kappa shape index (κ3) is 4.29. The Morgan fingerprint density at radius 2 is 2.03 bits per heavy atom. The average molecular weight is 421 g/mol. The lowest BCUT2D eigenvalue weighted by Crippen LogP contribution is -2.59. The molecule has 1 fully saturated rings. The smallest absolute Gasteiger partial charge is 0.269 e. The standard InChI is InChI=1S/C23H28N6O2/c1-4-16-9-20-21(27-22(16)30)8-15(10-25-20)12-28-13-18(14-28)29(5-2)17-6-7-19(26-11-17)23(31)24-3/h6-11,18H,4-5,12-14H2,1-3H3,(H,24,31)(H,27,30). The van der Waals surface area contributed by atoms with Gasteiger partial charge in [-0.1, -0.05) is 6.92 Å². The largest absolute Gasteiger partial charge is 0.365 e. The molecule has 31 heavy (non-hydrogen) atoms. The van der Waals surface area contributed by atoms with Gasteiger partial charge in [-0.25, -0.2) is 4.98 Å². The molecule has 8 heteroatoms. The number of carbonyl (C=O) groups is 1. The molecule has 1 amide bonds. The normalized spacial score (nSPS) is 14.4. The number of aryl methyl sites for hydroxylation is 1. The number of aromatic amines is 1. The van der Waals surface area contributed by atoms with E-state index in [0.717, 1.165) is 54.0 Å². The number of hydrogen-bond acceptors (Lipinski definition) is 6. The Bertz CT molecular complexity index is 1140. The maximum absolute atomic E-state index is 12.1. The minimum atomic E-state index is -0.180. The number of nitrogens with one attached hydrogen (secondary N) is 2. The van der Waals surface area contributed by atoms with Crippen LogP contribution in [0.15, 0.2) is 41.5 Å². The summed E-state index contributed by atoms with van der Waals surface area (Å²) in [5.74, 6) is -0.180. The zero-order chi connectivity index (χ0) is 22.0. The average Bonchev–Trinajstić information content (AvgIpc) is 2.77. The van der Waals surface area contributed by atoms with Gasteiger partial charge in [-0.2, -0.15) is 0 Å². The number of H-pyrrole nitrogens is 1. The van der Waals surface area contributed by atoms with Gasteiger partial charge in [0.05, 0.1) is 29.0 Å². The fraction of sp³-hybridized carbons (Fsp3) is 0.391. The molecule has 3 aromatic rings. The van der Waals surface area contributed by atoms with Gasteiger partial charge in [-0.15, -0.1) is 0 Å². The van der Waals surface area contributed by atoms with Crippen molar-refractivity contribution in [3.05, 3.63) is 63.8 Å². The molecule has 162 valence electrons. The van der Waals surface area contributed by atoms with Crippen molar-refractivity contribution in [3.8, 4) is 0 Å². The molecule has 8 nitrogen and oxygen atoms in total. The molecule has 1 aliphatic rings. The Morgan fingerprint density at radius 3 is 2.68 bits per heavy atom. The van der Waals surface area contributed by atoms with Crippen LogP contribution in [-0.2, 0) is 13.0 Å². The summed E-state index contributed by atoms with van der Waals surface area (Å²) in [5.41, 5.74) is 4.87. The van der Waals surface area contributed by atoms with Gasteiger partial charge in [-0.3, -0.25) is 19.5 Å². The number of likely N-dealkylation sites (N-methyl/N-ethyl adjacent to an activating group) is 1. The van der Waals surface area contributed by atoms with E-state index in [0.29, 0.717) is 18.2 Å². The first-order valence-electron chi connectivity index (χ1n) is 10.7. The summed E-state index contributed by atoms with van der Waals surface area (Å²) in [4.78, 5) is 40.3. The molecule has 4 rings (SSSR count). The zero-order valence-electron chi connectivity index (χ0n) is 18.2. The van der Waals surface area contributed by atoms with Gasteiger partial charge in [0.15, 0.2) is 0 Å². The van der Waals surface area contributed by atoms with Crippen molar-refractivity contribution in [2.24, 2.45) is 0 Å². The van der Waals surface area contributed by atoms with Crippen molar-refractivity contribution in [2.75, 3.05) is 31.6 Å². The summed E-state index contributed by atoms with van der Waals surface area (Å²) in [7, 11) is 1.60. The number of amides is 1. The lowest BCUT2D eigenvalue weighted by atomic mass is 10.0. The lowest BCUT2D eigenvalue weighted by molar-refractivity contribution is 0.0958. The van der Waals surface area contributed by atoms with Crippen LogP contribution in [0.2, 0.25) is 0 Å². The number of hydrogen-bond donors (Lipinski definition) is 2. The highest BCUT2D eigenvalue weighted by atomic mass is 16.1. The molecule has 1 aliphatic heterocycles. The Labute approximate surface area is 181 Å². The Morgan fingerprint density at radius 1 is 1.23 bits per heavy atom. The molecule has 0 radical (unpaired) electrons. The van der Waals surface area contributed by atoms with E-state index in [2.05, 4.69) is 37.0 Å². The van der Waals surface area contributed by atoms with Gasteiger partial charge in [0.1, 0.15) is 5.69 Å². The van der Waals surface area contributed by atoms with Crippen molar-refractivity contribution in [1.29, 1.82) is 0 Å². The predicted molar refractivity (Wildman–Crippen MR) is 121 cm³/mol. The molecule has 0 saturated carbocycles. The molecule has 3 aromatic heterocycles. The van der Waals surface area contributed by atoms with Gasteiger partial charge in [0.2, 0.25) is 0 Å². The van der Waals surface area contributed by atoms with Crippen LogP contribution >= 0.6 is 0 Å². The predicted octanol–water partition coefficient (Wildman–Crippen LogP) is 1.95. The first kappa shape index (κ1) is 21.0. The topological polar surface area (TPSA) is 94.2 Å². The van der Waals surface area contributed by atoms with Gasteiger partial charge in [0, 0.05) is 45.0 Å². The number of aromatic nitrogens is 3. The molecule has 0 aliphatic carbocycles. The molecule has 0 unspecified atom stereocenters. The molecular formula is C23H28N6O2. The van der Waals surface area contributed by atoms with E-state index in [1.54, 1.807) is 19.3 Å². The van der Waals surface area contributed by atoms with Crippen molar-refractivity contribution in [3.63, 3.8) is 0 Å². The summed E-state index contributed by atoms with van der Waals surface area (Å²) in [6, 6.07) is 8.02. The first-order chi connectivity index (χ1) is 15.0. The Balaban J connectivity index is 1.40. The highest BCUT2D eigenvalue weighted by Crippen LogP contribution is 2.24. The summed E-state index contributed by atoms with van der Waals surface area (Å²) in [5, 5.41) is 2.59. The third-order valence-electron chi connectivity index (χ3n) is 5.87. The van der Waals surface area contributed by atoms with Crippen molar-refractivity contribution >= 4 is 22.6 Å². The van der Waals surface area contributed by atoms with E-state index in [9.17, 15) is 9.59 Å². The molecule has 0 bridgehead atoms. The minimum Gasteiger partial charge on any atom is -0.365 e. The first-order valence-corrected chi connectivity index (χ1v) is 10.7. The molecule has 0 aromatic carbocycles. The van der Waals surface area contributed by atoms with Crippen LogP contribution in [0.5, 0.6) is 0 Å². The fourth-order valence-electron chi connectivity index (χ4n) is 4.11. The van der Waals surface area contributed by atoms with Crippen LogP contribution in [-0.4, -0.2) is 58.5 Å². The number of anilines is 1. The van der Waals surface area contributed by atoms with Crippen LogP contribution in [0.1, 0.15) is 35.5 Å². The molecule has 1 saturated heterocycles. The maximum atomic E-state index is 12.1. The van der Waals surface area contributed by atoms with Crippen molar-refractivity contribution in [1.82, 2.24) is 25.2 Å². The molecule has 4 heterocycles. The SMILES string of the molecule is CCc1cc2ncc(CN3CC(N(CC)c4ccc(C(=O)NC)nc4)C3)cc2[nH]c1=O. The highest BCUT2D eigenvalue weighted by Gasteiger charge is 2.31. The molecule has 0 atom stereocenters. The van der Waals surface area contributed by atoms with Crippen molar-refractivity contribution in [2.45, 2.75) is 32.9 Å². The van der Waals surface area contributed by atoms with Crippen LogP contribution in [0.25, 0.3) is 11.0 Å². The maximum Gasteiger partial charge on any atom is 0.269 e. The van der Waals surface area contributed by atoms with Gasteiger partial charge in [0.25, 0.3) is 11.5 Å². The second kappa shape index (κ2) is 8.85. The quantitative estimate of drug-likeness (QED) is 0.607. The van der Waals surface area contributed by atoms with E-state index in [1.807, 2.05) is 31.3 Å². The van der Waals surface area contributed by atoms with E-state index >= 15 is 0 Å². The van der Waals surface area contributed by atoms with E-state index in [4.69, 9.17) is 0 Å². The summed E-state index contributed by atoms with van der Waals surface area (Å²) in [6.45, 7) is 7.64. The number of rotatable bonds is 7. The number of carbonyl (C=O) groups excluding carboxylic acids is 1. The number of fused-ring (bicyclic) bond motifs is 1. The summed E-state index contributed by atoms with van der Waals surface area (Å²) < 4.78 is 0.